The number of benzene rings is 1. The summed E-state index contributed by atoms with van der Waals surface area (Å²) < 4.78 is 5.20. The van der Waals surface area contributed by atoms with Gasteiger partial charge in [0, 0.05) is 32.4 Å². The third-order valence-corrected chi connectivity index (χ3v) is 3.09. The topological polar surface area (TPSA) is 24.5 Å². The Labute approximate surface area is 105 Å². The Hall–Kier alpha value is -1.06. The van der Waals surface area contributed by atoms with Crippen LogP contribution in [0.1, 0.15) is 18.1 Å². The fourth-order valence-electron chi connectivity index (χ4n) is 2.02. The van der Waals surface area contributed by atoms with Crippen LogP contribution in [0.5, 0.6) is 0 Å². The molecule has 0 heterocycles. The van der Waals surface area contributed by atoms with Crippen LogP contribution >= 0.6 is 0 Å². The summed E-state index contributed by atoms with van der Waals surface area (Å²) in [5.41, 5.74) is 3.90. The first-order valence-corrected chi connectivity index (χ1v) is 6.06. The van der Waals surface area contributed by atoms with E-state index in [1.54, 1.807) is 7.11 Å². The molecule has 96 valence electrons. The third-order valence-electron chi connectivity index (χ3n) is 3.09. The predicted octanol–water partition coefficient (Wildman–Crippen LogP) is 2.19. The molecule has 0 saturated carbocycles. The van der Waals surface area contributed by atoms with Crippen LogP contribution in [0.15, 0.2) is 18.2 Å². The smallest absolute Gasteiger partial charge is 0.0663 e. The van der Waals surface area contributed by atoms with Crippen molar-refractivity contribution >= 4 is 5.69 Å². The van der Waals surface area contributed by atoms with Gasteiger partial charge >= 0.3 is 0 Å². The monoisotopic (exact) mass is 236 g/mol. The van der Waals surface area contributed by atoms with Crippen LogP contribution in [0.4, 0.5) is 5.69 Å². The Bertz CT molecular complexity index is 352. The van der Waals surface area contributed by atoms with Crippen LogP contribution in [0.2, 0.25) is 0 Å². The average molecular weight is 236 g/mol. The van der Waals surface area contributed by atoms with E-state index in [9.17, 15) is 0 Å². The molecule has 0 radical (unpaired) electrons. The molecule has 1 rings (SSSR count). The molecular formula is C14H24N2O. The van der Waals surface area contributed by atoms with E-state index in [1.165, 1.54) is 16.8 Å². The number of methoxy groups -OCH3 is 1. The lowest BCUT2D eigenvalue weighted by Crippen LogP contribution is -2.33. The molecule has 0 saturated heterocycles. The molecule has 1 atom stereocenters. The average Bonchev–Trinajstić information content (AvgIpc) is 2.29. The summed E-state index contributed by atoms with van der Waals surface area (Å²) in [6.45, 7) is 5.99. The Morgan fingerprint density at radius 3 is 2.65 bits per heavy atom. The zero-order chi connectivity index (χ0) is 12.8. The Kier molecular flexibility index (Phi) is 5.45. The van der Waals surface area contributed by atoms with Crippen molar-refractivity contribution in [1.29, 1.82) is 0 Å². The van der Waals surface area contributed by atoms with Gasteiger partial charge < -0.3 is 15.0 Å². The third kappa shape index (κ3) is 3.72. The fourth-order valence-corrected chi connectivity index (χ4v) is 2.02. The number of hydrogen-bond acceptors (Lipinski definition) is 3. The summed E-state index contributed by atoms with van der Waals surface area (Å²) in [4.78, 5) is 2.27. The summed E-state index contributed by atoms with van der Waals surface area (Å²) in [6, 6.07) is 6.99. The Morgan fingerprint density at radius 1 is 1.41 bits per heavy atom. The highest BCUT2D eigenvalue weighted by atomic mass is 16.5. The Morgan fingerprint density at radius 2 is 2.12 bits per heavy atom. The summed E-state index contributed by atoms with van der Waals surface area (Å²) in [5.74, 6) is 0. The molecule has 17 heavy (non-hydrogen) atoms. The van der Waals surface area contributed by atoms with Crippen LogP contribution in [0, 0.1) is 6.92 Å². The van der Waals surface area contributed by atoms with Crippen LogP contribution in [-0.2, 0) is 11.3 Å². The molecule has 0 aliphatic carbocycles. The number of rotatable bonds is 6. The first-order valence-electron chi connectivity index (χ1n) is 6.06. The van der Waals surface area contributed by atoms with E-state index in [1.807, 2.05) is 7.05 Å². The second-order valence-corrected chi connectivity index (χ2v) is 4.57. The fraction of sp³-hybridized carbons (Fsp3) is 0.571. The van der Waals surface area contributed by atoms with Crippen molar-refractivity contribution in [2.24, 2.45) is 0 Å². The van der Waals surface area contributed by atoms with Gasteiger partial charge in [0.25, 0.3) is 0 Å². The van der Waals surface area contributed by atoms with E-state index in [4.69, 9.17) is 4.74 Å². The highest BCUT2D eigenvalue weighted by molar-refractivity contribution is 5.54. The maximum Gasteiger partial charge on any atom is 0.0663 e. The van der Waals surface area contributed by atoms with Crippen LogP contribution < -0.4 is 10.2 Å². The normalized spacial score (nSPS) is 12.5. The van der Waals surface area contributed by atoms with E-state index in [2.05, 4.69) is 49.3 Å². The van der Waals surface area contributed by atoms with Gasteiger partial charge in [-0.2, -0.15) is 0 Å². The lowest BCUT2D eigenvalue weighted by molar-refractivity contribution is 0.183. The van der Waals surface area contributed by atoms with Gasteiger partial charge in [-0.25, -0.2) is 0 Å². The molecule has 0 aliphatic heterocycles. The van der Waals surface area contributed by atoms with E-state index in [0.29, 0.717) is 6.04 Å². The van der Waals surface area contributed by atoms with E-state index < -0.39 is 0 Å². The number of nitrogens with zero attached hydrogens (tertiary/aromatic N) is 1. The number of aryl methyl sites for hydroxylation is 1. The molecule has 3 heteroatoms. The molecule has 1 aromatic carbocycles. The number of likely N-dealkylation sites (N-methyl/N-ethyl adjacent to an activating group) is 1. The van der Waals surface area contributed by atoms with Crippen LogP contribution in [0.3, 0.4) is 0 Å². The van der Waals surface area contributed by atoms with Gasteiger partial charge in [0.05, 0.1) is 6.61 Å². The van der Waals surface area contributed by atoms with E-state index in [0.717, 1.165) is 13.2 Å². The molecule has 0 amide bonds. The van der Waals surface area contributed by atoms with Crippen molar-refractivity contribution in [2.75, 3.05) is 32.7 Å². The summed E-state index contributed by atoms with van der Waals surface area (Å²) in [7, 11) is 5.83. The maximum atomic E-state index is 5.20. The van der Waals surface area contributed by atoms with Gasteiger partial charge in [-0.1, -0.05) is 12.1 Å². The van der Waals surface area contributed by atoms with Crippen molar-refractivity contribution in [3.63, 3.8) is 0 Å². The van der Waals surface area contributed by atoms with Crippen LogP contribution in [-0.4, -0.2) is 33.9 Å². The lowest BCUT2D eigenvalue weighted by atomic mass is 10.1. The minimum atomic E-state index is 0.383. The van der Waals surface area contributed by atoms with Crippen LogP contribution in [0.25, 0.3) is 0 Å². The molecule has 1 N–H and O–H groups in total. The van der Waals surface area contributed by atoms with Crippen molar-refractivity contribution in [3.8, 4) is 0 Å². The minimum Gasteiger partial charge on any atom is -0.383 e. The summed E-state index contributed by atoms with van der Waals surface area (Å²) in [5, 5.41) is 3.17. The molecular weight excluding hydrogens is 212 g/mol. The summed E-state index contributed by atoms with van der Waals surface area (Å²) >= 11 is 0. The summed E-state index contributed by atoms with van der Waals surface area (Å²) in [6.07, 6.45) is 0. The highest BCUT2D eigenvalue weighted by Crippen LogP contribution is 2.22. The molecule has 1 aromatic rings. The molecule has 0 fully saturated rings. The molecule has 0 bridgehead atoms. The first kappa shape index (κ1) is 14.0. The van der Waals surface area contributed by atoms with Crippen molar-refractivity contribution < 1.29 is 4.74 Å². The van der Waals surface area contributed by atoms with E-state index in [-0.39, 0.29) is 0 Å². The van der Waals surface area contributed by atoms with Crippen molar-refractivity contribution in [3.05, 3.63) is 29.3 Å². The second kappa shape index (κ2) is 6.62. The Balaban J connectivity index is 2.83. The van der Waals surface area contributed by atoms with Gasteiger partial charge in [-0.05, 0) is 38.1 Å². The first-order chi connectivity index (χ1) is 8.10. The molecule has 0 spiro atoms. The minimum absolute atomic E-state index is 0.383. The highest BCUT2D eigenvalue weighted by Gasteiger charge is 2.11. The van der Waals surface area contributed by atoms with Gasteiger partial charge in [0.2, 0.25) is 0 Å². The van der Waals surface area contributed by atoms with Gasteiger partial charge in [-0.3, -0.25) is 0 Å². The second-order valence-electron chi connectivity index (χ2n) is 4.57. The predicted molar refractivity (Wildman–Crippen MR) is 73.7 cm³/mol. The van der Waals surface area contributed by atoms with Crippen molar-refractivity contribution in [2.45, 2.75) is 26.4 Å². The number of nitrogens with one attached hydrogen (secondary N) is 1. The molecule has 0 aliphatic rings. The largest absolute Gasteiger partial charge is 0.383 e. The zero-order valence-electron chi connectivity index (χ0n) is 11.6. The zero-order valence-corrected chi connectivity index (χ0v) is 11.6. The number of anilines is 1. The number of hydrogen-bond donors (Lipinski definition) is 1. The quantitative estimate of drug-likeness (QED) is 0.819. The van der Waals surface area contributed by atoms with Gasteiger partial charge in [0.1, 0.15) is 0 Å². The number of ether oxygens (including phenoxy) is 1. The molecule has 1 unspecified atom stereocenters. The maximum absolute atomic E-state index is 5.20. The van der Waals surface area contributed by atoms with Crippen molar-refractivity contribution in [1.82, 2.24) is 5.32 Å². The standard InChI is InChI=1S/C14H24N2O/c1-11-8-13(9-15-3)6-7-14(11)16(4)12(2)10-17-5/h6-8,12,15H,9-10H2,1-5H3. The molecule has 0 aromatic heterocycles. The van der Waals surface area contributed by atoms with Gasteiger partial charge in [0.15, 0.2) is 0 Å². The van der Waals surface area contributed by atoms with E-state index >= 15 is 0 Å². The lowest BCUT2D eigenvalue weighted by Gasteiger charge is -2.28. The SMILES string of the molecule is CNCc1ccc(N(C)C(C)COC)c(C)c1. The van der Waals surface area contributed by atoms with Gasteiger partial charge in [-0.15, -0.1) is 0 Å². The molecule has 3 nitrogen and oxygen atoms in total.